The molecule has 1 aliphatic heterocycles. The Hall–Kier alpha value is -0.380. The number of nitrogens with zero attached hydrogens (tertiary/aromatic N) is 1. The summed E-state index contributed by atoms with van der Waals surface area (Å²) >= 11 is 1.93. The Morgan fingerprint density at radius 1 is 1.42 bits per heavy atom. The maximum absolute atomic E-state index is 3.69. The highest BCUT2D eigenvalue weighted by Crippen LogP contribution is 2.30. The van der Waals surface area contributed by atoms with Gasteiger partial charge in [-0.3, -0.25) is 4.90 Å². The summed E-state index contributed by atoms with van der Waals surface area (Å²) < 4.78 is 0. The number of aryl methyl sites for hydroxylation is 2. The number of nitrogens with one attached hydrogen (secondary N) is 1. The van der Waals surface area contributed by atoms with Crippen LogP contribution < -0.4 is 5.32 Å². The van der Waals surface area contributed by atoms with Gasteiger partial charge in [0.2, 0.25) is 0 Å². The number of rotatable bonds is 4. The van der Waals surface area contributed by atoms with Crippen molar-refractivity contribution in [3.63, 3.8) is 0 Å². The summed E-state index contributed by atoms with van der Waals surface area (Å²) in [6.07, 6.45) is 1.26. The molecule has 3 unspecified atom stereocenters. The molecule has 1 fully saturated rings. The molecule has 0 aromatic carbocycles. The fraction of sp³-hybridized carbons (Fsp3) is 0.750. The van der Waals surface area contributed by atoms with Crippen LogP contribution in [-0.4, -0.2) is 30.6 Å². The maximum Gasteiger partial charge on any atom is 0.0332 e. The summed E-state index contributed by atoms with van der Waals surface area (Å²) in [4.78, 5) is 5.58. The van der Waals surface area contributed by atoms with Crippen molar-refractivity contribution in [3.05, 3.63) is 21.4 Å². The Labute approximate surface area is 122 Å². The van der Waals surface area contributed by atoms with Crippen LogP contribution in [0.25, 0.3) is 0 Å². The minimum Gasteiger partial charge on any atom is -0.311 e. The molecule has 0 bridgehead atoms. The second kappa shape index (κ2) is 6.38. The van der Waals surface area contributed by atoms with Crippen molar-refractivity contribution in [2.45, 2.75) is 53.1 Å². The molecule has 0 spiro atoms. The lowest BCUT2D eigenvalue weighted by atomic mass is 9.95. The fourth-order valence-electron chi connectivity index (χ4n) is 3.08. The van der Waals surface area contributed by atoms with Crippen LogP contribution in [0.4, 0.5) is 0 Å². The van der Waals surface area contributed by atoms with Gasteiger partial charge < -0.3 is 5.32 Å². The highest BCUT2D eigenvalue weighted by molar-refractivity contribution is 7.12. The topological polar surface area (TPSA) is 15.3 Å². The Balaban J connectivity index is 2.06. The predicted molar refractivity (Wildman–Crippen MR) is 85.0 cm³/mol. The molecule has 1 aromatic rings. The summed E-state index contributed by atoms with van der Waals surface area (Å²) in [7, 11) is 0. The van der Waals surface area contributed by atoms with Gasteiger partial charge in [0, 0.05) is 41.5 Å². The van der Waals surface area contributed by atoms with E-state index in [4.69, 9.17) is 0 Å². The van der Waals surface area contributed by atoms with E-state index in [-0.39, 0.29) is 0 Å². The Bertz CT molecular complexity index is 413. The number of hydrogen-bond acceptors (Lipinski definition) is 3. The summed E-state index contributed by atoms with van der Waals surface area (Å²) in [6, 6.07) is 3.59. The predicted octanol–water partition coefficient (Wildman–Crippen LogP) is 3.75. The number of thiophene rings is 1. The third kappa shape index (κ3) is 3.39. The first-order chi connectivity index (χ1) is 9.02. The molecule has 3 heteroatoms. The molecule has 2 nitrogen and oxygen atoms in total. The summed E-state index contributed by atoms with van der Waals surface area (Å²) in [6.45, 7) is 15.0. The van der Waals surface area contributed by atoms with Crippen LogP contribution in [0.5, 0.6) is 0 Å². The molecule has 2 rings (SSSR count). The fourth-order valence-corrected chi connectivity index (χ4v) is 4.10. The summed E-state index contributed by atoms with van der Waals surface area (Å²) in [5.41, 5.74) is 1.53. The molecule has 0 amide bonds. The first kappa shape index (κ1) is 15.0. The van der Waals surface area contributed by atoms with Crippen LogP contribution >= 0.6 is 11.3 Å². The average molecular weight is 280 g/mol. The molecule has 1 aromatic heterocycles. The molecule has 1 saturated heterocycles. The molecule has 19 heavy (non-hydrogen) atoms. The highest BCUT2D eigenvalue weighted by Gasteiger charge is 2.27. The molecule has 0 saturated carbocycles. The molecule has 1 aliphatic rings. The summed E-state index contributed by atoms with van der Waals surface area (Å²) in [5.74, 6) is 0.764. The van der Waals surface area contributed by atoms with Gasteiger partial charge >= 0.3 is 0 Å². The zero-order valence-electron chi connectivity index (χ0n) is 13.0. The monoisotopic (exact) mass is 280 g/mol. The van der Waals surface area contributed by atoms with E-state index in [9.17, 15) is 0 Å². The van der Waals surface area contributed by atoms with Crippen molar-refractivity contribution >= 4 is 11.3 Å². The van der Waals surface area contributed by atoms with Crippen molar-refractivity contribution in [1.29, 1.82) is 0 Å². The number of piperazine rings is 1. The Morgan fingerprint density at radius 2 is 2.16 bits per heavy atom. The largest absolute Gasteiger partial charge is 0.311 e. The highest BCUT2D eigenvalue weighted by atomic mass is 32.1. The number of hydrogen-bond donors (Lipinski definition) is 1. The van der Waals surface area contributed by atoms with E-state index >= 15 is 0 Å². The maximum atomic E-state index is 3.69. The van der Waals surface area contributed by atoms with E-state index in [0.717, 1.165) is 12.5 Å². The Kier molecular flexibility index (Phi) is 5.04. The molecule has 3 atom stereocenters. The van der Waals surface area contributed by atoms with E-state index in [1.165, 1.54) is 34.8 Å². The first-order valence-electron chi connectivity index (χ1n) is 7.57. The summed E-state index contributed by atoms with van der Waals surface area (Å²) in [5, 5.41) is 3.69. The van der Waals surface area contributed by atoms with E-state index < -0.39 is 0 Å². The van der Waals surface area contributed by atoms with Crippen molar-refractivity contribution in [2.75, 3.05) is 19.6 Å². The van der Waals surface area contributed by atoms with Gasteiger partial charge in [0.25, 0.3) is 0 Å². The van der Waals surface area contributed by atoms with Crippen molar-refractivity contribution in [3.8, 4) is 0 Å². The standard InChI is InChI=1S/C16H28N2S/c1-6-11(2)16-10-18(8-7-17-16)13(4)15-9-12(3)19-14(15)5/h9,11,13,16-17H,6-8,10H2,1-5H3. The lowest BCUT2D eigenvalue weighted by molar-refractivity contribution is 0.130. The molecule has 0 radical (unpaired) electrons. The van der Waals surface area contributed by atoms with Gasteiger partial charge in [-0.2, -0.15) is 0 Å². The van der Waals surface area contributed by atoms with E-state index in [1.54, 1.807) is 0 Å². The third-order valence-electron chi connectivity index (χ3n) is 4.64. The lowest BCUT2D eigenvalue weighted by Crippen LogP contribution is -2.53. The smallest absolute Gasteiger partial charge is 0.0332 e. The van der Waals surface area contributed by atoms with Gasteiger partial charge in [-0.1, -0.05) is 20.3 Å². The van der Waals surface area contributed by atoms with Gasteiger partial charge in [-0.05, 0) is 38.3 Å². The second-order valence-corrected chi connectivity index (χ2v) is 7.45. The van der Waals surface area contributed by atoms with E-state index in [1.807, 2.05) is 11.3 Å². The second-order valence-electron chi connectivity index (χ2n) is 5.99. The van der Waals surface area contributed by atoms with Gasteiger partial charge in [0.15, 0.2) is 0 Å². The quantitative estimate of drug-likeness (QED) is 0.903. The minimum atomic E-state index is 0.554. The van der Waals surface area contributed by atoms with Gasteiger partial charge in [-0.15, -0.1) is 11.3 Å². The third-order valence-corrected chi connectivity index (χ3v) is 5.63. The van der Waals surface area contributed by atoms with E-state index in [2.05, 4.69) is 50.9 Å². The normalized spacial score (nSPS) is 24.4. The molecule has 0 aliphatic carbocycles. The van der Waals surface area contributed by atoms with Crippen molar-refractivity contribution < 1.29 is 0 Å². The molecular weight excluding hydrogens is 252 g/mol. The van der Waals surface area contributed by atoms with Crippen molar-refractivity contribution in [2.24, 2.45) is 5.92 Å². The van der Waals surface area contributed by atoms with Crippen molar-refractivity contribution in [1.82, 2.24) is 10.2 Å². The van der Waals surface area contributed by atoms with E-state index in [0.29, 0.717) is 12.1 Å². The lowest BCUT2D eigenvalue weighted by Gasteiger charge is -2.39. The minimum absolute atomic E-state index is 0.554. The van der Waals surface area contributed by atoms with Gasteiger partial charge in [0.1, 0.15) is 0 Å². The Morgan fingerprint density at radius 3 is 2.74 bits per heavy atom. The SMILES string of the molecule is CCC(C)C1CN(C(C)c2cc(C)sc2C)CCN1. The molecule has 108 valence electrons. The first-order valence-corrected chi connectivity index (χ1v) is 8.39. The molecule has 1 N–H and O–H groups in total. The van der Waals surface area contributed by atoms with Crippen LogP contribution in [0.2, 0.25) is 0 Å². The van der Waals surface area contributed by atoms with Crippen LogP contribution in [0.15, 0.2) is 6.07 Å². The molecular formula is C16H28N2S. The zero-order valence-corrected chi connectivity index (χ0v) is 13.8. The zero-order chi connectivity index (χ0) is 14.0. The average Bonchev–Trinajstić information content (AvgIpc) is 2.76. The van der Waals surface area contributed by atoms with Crippen LogP contribution in [-0.2, 0) is 0 Å². The van der Waals surface area contributed by atoms with Crippen LogP contribution in [0, 0.1) is 19.8 Å². The van der Waals surface area contributed by atoms with Gasteiger partial charge in [0.05, 0.1) is 0 Å². The molecule has 2 heterocycles. The van der Waals surface area contributed by atoms with Crippen LogP contribution in [0.3, 0.4) is 0 Å². The van der Waals surface area contributed by atoms with Gasteiger partial charge in [-0.25, -0.2) is 0 Å². The van der Waals surface area contributed by atoms with Crippen LogP contribution in [0.1, 0.15) is 48.6 Å².